The quantitative estimate of drug-likeness (QED) is 0.364. The van der Waals surface area contributed by atoms with Gasteiger partial charge in [0.25, 0.3) is 10.0 Å². The molecule has 5 rings (SSSR count). The van der Waals surface area contributed by atoms with Gasteiger partial charge in [-0.1, -0.05) is 29.3 Å². The van der Waals surface area contributed by atoms with Crippen molar-refractivity contribution in [3.05, 3.63) is 76.3 Å². The zero-order valence-electron chi connectivity index (χ0n) is 22.2. The zero-order chi connectivity index (χ0) is 29.4. The molecule has 1 fully saturated rings. The van der Waals surface area contributed by atoms with E-state index in [4.69, 9.17) is 27.9 Å². The van der Waals surface area contributed by atoms with Crippen molar-refractivity contribution in [1.29, 1.82) is 0 Å². The van der Waals surface area contributed by atoms with Crippen molar-refractivity contribution in [3.8, 4) is 5.75 Å². The van der Waals surface area contributed by atoms with Gasteiger partial charge in [-0.15, -0.1) is 0 Å². The highest BCUT2D eigenvalue weighted by molar-refractivity contribution is 7.92. The molecule has 0 bridgehead atoms. The highest BCUT2D eigenvalue weighted by atomic mass is 35.5. The topological polar surface area (TPSA) is 113 Å². The third-order valence-corrected chi connectivity index (χ3v) is 11.4. The van der Waals surface area contributed by atoms with Crippen LogP contribution in [0.4, 0.5) is 11.4 Å². The fraction of sp³-hybridized carbons (Fsp3) is 0.321. The van der Waals surface area contributed by atoms with Gasteiger partial charge in [-0.05, 0) is 86.3 Å². The number of hydrogen-bond acceptors (Lipinski definition) is 6. The number of carbonyl (C=O) groups excluding carboxylic acids is 1. The number of benzene rings is 3. The normalized spacial score (nSPS) is 17.7. The summed E-state index contributed by atoms with van der Waals surface area (Å²) in [6.07, 6.45) is 1.55. The Bertz CT molecular complexity index is 1680. The van der Waals surface area contributed by atoms with E-state index >= 15 is 0 Å². The largest absolute Gasteiger partial charge is 0.492 e. The van der Waals surface area contributed by atoms with E-state index in [-0.39, 0.29) is 52.7 Å². The van der Waals surface area contributed by atoms with Crippen LogP contribution >= 0.6 is 23.2 Å². The fourth-order valence-corrected chi connectivity index (χ4v) is 8.67. The first kappa shape index (κ1) is 29.7. The highest BCUT2D eigenvalue weighted by Gasteiger charge is 2.36. The van der Waals surface area contributed by atoms with Crippen molar-refractivity contribution in [2.75, 3.05) is 35.9 Å². The molecule has 1 atom stereocenters. The molecule has 3 aromatic rings. The molecule has 1 N–H and O–H groups in total. The van der Waals surface area contributed by atoms with E-state index in [1.165, 1.54) is 45.0 Å². The number of anilines is 2. The number of fused-ring (bicyclic) bond motifs is 1. The molecule has 0 saturated carbocycles. The van der Waals surface area contributed by atoms with Crippen LogP contribution in [-0.4, -0.2) is 53.3 Å². The van der Waals surface area contributed by atoms with Crippen LogP contribution in [0.3, 0.4) is 0 Å². The van der Waals surface area contributed by atoms with Crippen molar-refractivity contribution >= 4 is 60.5 Å². The molecule has 41 heavy (non-hydrogen) atoms. The maximum absolute atomic E-state index is 13.5. The first-order chi connectivity index (χ1) is 19.5. The van der Waals surface area contributed by atoms with E-state index < -0.39 is 26.0 Å². The van der Waals surface area contributed by atoms with E-state index in [1.54, 1.807) is 31.2 Å². The van der Waals surface area contributed by atoms with E-state index in [9.17, 15) is 21.6 Å². The maximum Gasteiger partial charge on any atom is 0.264 e. The van der Waals surface area contributed by atoms with Crippen LogP contribution < -0.4 is 14.4 Å². The first-order valence-corrected chi connectivity index (χ1v) is 16.8. The number of halogens is 2. The zero-order valence-corrected chi connectivity index (χ0v) is 25.4. The van der Waals surface area contributed by atoms with Crippen LogP contribution in [0.1, 0.15) is 25.3 Å². The van der Waals surface area contributed by atoms with Crippen LogP contribution in [0.25, 0.3) is 0 Å². The molecule has 218 valence electrons. The molecule has 13 heteroatoms. The monoisotopic (exact) mass is 637 g/mol. The van der Waals surface area contributed by atoms with Crippen LogP contribution in [0.15, 0.2) is 70.5 Å². The lowest BCUT2D eigenvalue weighted by Crippen LogP contribution is -2.43. The lowest BCUT2D eigenvalue weighted by molar-refractivity contribution is -0.120. The summed E-state index contributed by atoms with van der Waals surface area (Å²) in [4.78, 5) is 13.4. The number of amides is 1. The van der Waals surface area contributed by atoms with Gasteiger partial charge < -0.3 is 10.1 Å². The molecule has 1 saturated heterocycles. The Kier molecular flexibility index (Phi) is 8.54. The summed E-state index contributed by atoms with van der Waals surface area (Å²) < 4.78 is 61.9. The van der Waals surface area contributed by atoms with Gasteiger partial charge in [0.15, 0.2) is 0 Å². The van der Waals surface area contributed by atoms with Gasteiger partial charge in [0.1, 0.15) is 10.6 Å². The average molecular weight is 639 g/mol. The second-order valence-corrected chi connectivity index (χ2v) is 14.5. The van der Waals surface area contributed by atoms with Crippen molar-refractivity contribution in [2.45, 2.75) is 36.0 Å². The van der Waals surface area contributed by atoms with Crippen LogP contribution in [0, 0.1) is 5.92 Å². The van der Waals surface area contributed by atoms with Crippen molar-refractivity contribution < 1.29 is 26.4 Å². The average Bonchev–Trinajstić information content (AvgIpc) is 3.38. The summed E-state index contributed by atoms with van der Waals surface area (Å²) in [6, 6.07) is 15.6. The Labute approximate surface area is 250 Å². The van der Waals surface area contributed by atoms with Crippen molar-refractivity contribution in [2.24, 2.45) is 5.92 Å². The van der Waals surface area contributed by atoms with Gasteiger partial charge in [-0.3, -0.25) is 9.10 Å². The van der Waals surface area contributed by atoms with E-state index in [0.29, 0.717) is 35.7 Å². The minimum atomic E-state index is -3.98. The van der Waals surface area contributed by atoms with Gasteiger partial charge >= 0.3 is 0 Å². The summed E-state index contributed by atoms with van der Waals surface area (Å²) >= 11 is 12.0. The number of nitrogens with zero attached hydrogens (tertiary/aromatic N) is 2. The van der Waals surface area contributed by atoms with Crippen LogP contribution in [-0.2, 0) is 31.3 Å². The molecule has 2 aliphatic rings. The van der Waals surface area contributed by atoms with Gasteiger partial charge in [0.05, 0.1) is 23.1 Å². The molecular weight excluding hydrogens is 609 g/mol. The summed E-state index contributed by atoms with van der Waals surface area (Å²) in [5, 5.41) is 3.57. The number of hydrogen-bond donors (Lipinski definition) is 1. The number of carbonyl (C=O) groups is 1. The number of ether oxygens (including phenoxy) is 1. The number of sulfonamides is 2. The molecule has 0 unspecified atom stereocenters. The van der Waals surface area contributed by atoms with Crippen molar-refractivity contribution in [1.82, 2.24) is 4.31 Å². The van der Waals surface area contributed by atoms with Crippen molar-refractivity contribution in [3.63, 3.8) is 0 Å². The Hall–Kier alpha value is -2.83. The second kappa shape index (κ2) is 11.8. The molecule has 2 heterocycles. The molecule has 0 spiro atoms. The smallest absolute Gasteiger partial charge is 0.264 e. The van der Waals surface area contributed by atoms with E-state index in [2.05, 4.69) is 5.32 Å². The van der Waals surface area contributed by atoms with Gasteiger partial charge in [-0.2, -0.15) is 4.31 Å². The van der Waals surface area contributed by atoms with Gasteiger partial charge in [0, 0.05) is 35.4 Å². The molecule has 1 amide bonds. The lowest BCUT2D eigenvalue weighted by atomic mass is 9.98. The predicted molar refractivity (Wildman–Crippen MR) is 159 cm³/mol. The standard InChI is InChI=1S/C28H29Cl2N3O6S2/c1-2-39-26-12-8-22(30)16-27(26)41(37,38)32-14-3-4-20(18-32)28(34)31-23-9-5-19-13-15-33(25(19)17-23)40(35,36)24-10-6-21(29)7-11-24/h5-12,16-17,20H,2-4,13-15,18H2,1H3,(H,31,34)/t20-/m0/s1. The Balaban J connectivity index is 1.33. The summed E-state index contributed by atoms with van der Waals surface area (Å²) in [5.74, 6) is -0.735. The van der Waals surface area contributed by atoms with Crippen LogP contribution in [0.5, 0.6) is 5.75 Å². The molecular formula is C28H29Cl2N3O6S2. The third-order valence-electron chi connectivity index (χ3n) is 7.19. The van der Waals surface area contributed by atoms with Crippen LogP contribution in [0.2, 0.25) is 10.0 Å². The molecule has 3 aromatic carbocycles. The molecule has 0 radical (unpaired) electrons. The highest BCUT2D eigenvalue weighted by Crippen LogP contribution is 2.36. The minimum absolute atomic E-state index is 0.00570. The molecule has 2 aliphatic heterocycles. The number of rotatable bonds is 8. The number of nitrogens with one attached hydrogen (secondary N) is 1. The van der Waals surface area contributed by atoms with Gasteiger partial charge in [-0.25, -0.2) is 16.8 Å². The minimum Gasteiger partial charge on any atom is -0.492 e. The molecule has 9 nitrogen and oxygen atoms in total. The fourth-order valence-electron chi connectivity index (χ4n) is 5.13. The predicted octanol–water partition coefficient (Wildman–Crippen LogP) is 5.18. The Morgan fingerprint density at radius 3 is 2.41 bits per heavy atom. The Morgan fingerprint density at radius 1 is 0.951 bits per heavy atom. The number of piperidine rings is 1. The maximum atomic E-state index is 13.5. The second-order valence-electron chi connectivity index (χ2n) is 9.84. The summed E-state index contributed by atoms with van der Waals surface area (Å²) in [7, 11) is -7.80. The summed E-state index contributed by atoms with van der Waals surface area (Å²) in [5.41, 5.74) is 1.78. The Morgan fingerprint density at radius 2 is 1.68 bits per heavy atom. The van der Waals surface area contributed by atoms with E-state index in [1.807, 2.05) is 0 Å². The van der Waals surface area contributed by atoms with E-state index in [0.717, 1.165) is 5.56 Å². The molecule has 0 aromatic heterocycles. The lowest BCUT2D eigenvalue weighted by Gasteiger charge is -2.31. The summed E-state index contributed by atoms with van der Waals surface area (Å²) in [6.45, 7) is 2.58. The first-order valence-electron chi connectivity index (χ1n) is 13.2. The molecule has 0 aliphatic carbocycles. The SMILES string of the molecule is CCOc1ccc(Cl)cc1S(=O)(=O)N1CCC[C@H](C(=O)Nc2ccc3c(c2)N(S(=O)(=O)c2ccc(Cl)cc2)CC3)C1. The third kappa shape index (κ3) is 6.05. The van der Waals surface area contributed by atoms with Gasteiger partial charge in [0.2, 0.25) is 15.9 Å².